The van der Waals surface area contributed by atoms with E-state index < -0.39 is 30.5 Å². The summed E-state index contributed by atoms with van der Waals surface area (Å²) in [6.45, 7) is 2.10. The molecule has 1 saturated heterocycles. The summed E-state index contributed by atoms with van der Waals surface area (Å²) in [4.78, 5) is 15.4. The number of aliphatic hydroxyl groups excluding tert-OH is 2. The van der Waals surface area contributed by atoms with Crippen molar-refractivity contribution in [3.05, 3.63) is 77.7 Å². The van der Waals surface area contributed by atoms with Gasteiger partial charge in [0.25, 0.3) is 0 Å². The van der Waals surface area contributed by atoms with Gasteiger partial charge in [-0.25, -0.2) is 14.2 Å². The van der Waals surface area contributed by atoms with Gasteiger partial charge in [0.05, 0.1) is 18.3 Å². The third-order valence-electron chi connectivity index (χ3n) is 6.26. The van der Waals surface area contributed by atoms with Crippen LogP contribution in [0.3, 0.4) is 0 Å². The number of carboxylic acid groups (broad SMARTS) is 1. The number of rotatable bonds is 6. The number of aliphatic imine (C=N–C) groups is 1. The van der Waals surface area contributed by atoms with Gasteiger partial charge in [0.15, 0.2) is 6.23 Å². The van der Waals surface area contributed by atoms with Crippen molar-refractivity contribution in [1.82, 2.24) is 9.58 Å². The summed E-state index contributed by atoms with van der Waals surface area (Å²) in [6, 6.07) is 13.4. The molecule has 3 heterocycles. The van der Waals surface area contributed by atoms with E-state index in [9.17, 15) is 19.4 Å². The summed E-state index contributed by atoms with van der Waals surface area (Å²) < 4.78 is 20.9. The van der Waals surface area contributed by atoms with Crippen molar-refractivity contribution >= 4 is 29.9 Å². The summed E-state index contributed by atoms with van der Waals surface area (Å²) in [7, 11) is 0. The molecule has 2 aliphatic heterocycles. The molecule has 10 heteroatoms. The number of anilines is 1. The number of ether oxygens (including phenoxy) is 1. The predicted octanol–water partition coefficient (Wildman–Crippen LogP) is 3.53. The van der Waals surface area contributed by atoms with Crippen molar-refractivity contribution in [2.75, 3.05) is 5.43 Å². The van der Waals surface area contributed by atoms with E-state index in [-0.39, 0.29) is 5.82 Å². The van der Waals surface area contributed by atoms with Gasteiger partial charge in [-0.3, -0.25) is 10.4 Å². The second kappa shape index (κ2) is 9.57. The topological polar surface area (TPSA) is 120 Å². The molecule has 2 aliphatic rings. The van der Waals surface area contributed by atoms with E-state index in [2.05, 4.69) is 10.4 Å². The maximum absolute atomic E-state index is 13.3. The number of hydrogen-bond donors (Lipinski definition) is 4. The number of carbonyl (C=O) groups is 1. The first-order valence-electron chi connectivity index (χ1n) is 11.4. The third kappa shape index (κ3) is 4.61. The third-order valence-corrected chi connectivity index (χ3v) is 6.26. The lowest BCUT2D eigenvalue weighted by molar-refractivity contribution is -0.131. The number of hydrogen-bond acceptors (Lipinski definition) is 7. The van der Waals surface area contributed by atoms with Crippen LogP contribution in [0.1, 0.15) is 24.3 Å². The fourth-order valence-electron chi connectivity index (χ4n) is 4.39. The molecule has 4 N–H and O–H groups in total. The molecule has 0 spiro atoms. The number of aliphatic hydroxyl groups is 2. The maximum Gasteiger partial charge on any atom is 0.328 e. The van der Waals surface area contributed by atoms with Crippen molar-refractivity contribution in [3.63, 3.8) is 0 Å². The lowest BCUT2D eigenvalue weighted by Gasteiger charge is -2.26. The van der Waals surface area contributed by atoms with E-state index in [0.29, 0.717) is 18.1 Å². The lowest BCUT2D eigenvalue weighted by atomic mass is 10.0. The number of nitrogens with one attached hydrogen (secondary N) is 1. The molecule has 0 unspecified atom stereocenters. The number of benzene rings is 2. The zero-order valence-corrected chi connectivity index (χ0v) is 19.3. The summed E-state index contributed by atoms with van der Waals surface area (Å²) in [6.07, 6.45) is 2.51. The zero-order valence-electron chi connectivity index (χ0n) is 19.3. The van der Waals surface area contributed by atoms with Gasteiger partial charge in [-0.15, -0.1) is 0 Å². The van der Waals surface area contributed by atoms with Gasteiger partial charge in [-0.05, 0) is 48.4 Å². The molecule has 0 bridgehead atoms. The van der Waals surface area contributed by atoms with Gasteiger partial charge >= 0.3 is 5.97 Å². The summed E-state index contributed by atoms with van der Waals surface area (Å²) in [5.41, 5.74) is 7.16. The molecule has 1 aromatic heterocycles. The summed E-state index contributed by atoms with van der Waals surface area (Å²) >= 11 is 0. The highest BCUT2D eigenvalue weighted by Crippen LogP contribution is 2.41. The van der Waals surface area contributed by atoms with E-state index in [4.69, 9.17) is 9.84 Å². The first-order chi connectivity index (χ1) is 17.3. The molecule has 9 nitrogen and oxygen atoms in total. The first kappa shape index (κ1) is 23.7. The van der Waals surface area contributed by atoms with Crippen molar-refractivity contribution < 1.29 is 29.2 Å². The fraction of sp³-hybridized carbons (Fsp3) is 0.231. The molecule has 0 amide bonds. The Morgan fingerprint density at radius 2 is 1.86 bits per heavy atom. The second-order valence-corrected chi connectivity index (χ2v) is 8.75. The van der Waals surface area contributed by atoms with Crippen molar-refractivity contribution in [3.8, 4) is 11.1 Å². The first-order valence-corrected chi connectivity index (χ1v) is 11.4. The van der Waals surface area contributed by atoms with Crippen LogP contribution in [0, 0.1) is 5.82 Å². The Labute approximate surface area is 206 Å². The lowest BCUT2D eigenvalue weighted by Crippen LogP contribution is -2.31. The highest BCUT2D eigenvalue weighted by Gasteiger charge is 2.42. The highest BCUT2D eigenvalue weighted by atomic mass is 19.1. The Morgan fingerprint density at radius 1 is 1.14 bits per heavy atom. The fourth-order valence-corrected chi connectivity index (χ4v) is 4.39. The molecule has 4 atom stereocenters. The Morgan fingerprint density at radius 3 is 2.50 bits per heavy atom. The monoisotopic (exact) mass is 492 g/mol. The van der Waals surface area contributed by atoms with E-state index in [0.717, 1.165) is 28.3 Å². The van der Waals surface area contributed by atoms with Crippen LogP contribution in [0.4, 0.5) is 15.9 Å². The molecule has 36 heavy (non-hydrogen) atoms. The Kier molecular flexibility index (Phi) is 6.31. The molecule has 2 aromatic carbocycles. The molecular formula is C26H25FN4O5. The molecule has 5 rings (SSSR count). The SMILES string of the molecule is C[C@H]1O[C@@H](n2cc(-c3ccc(C=CC(=O)O)cc3)c3c2N=CN(Nc2ccc(F)cc2)C3)[C@H](O)[C@@H]1O. The minimum absolute atomic E-state index is 0.331. The Bertz CT molecular complexity index is 1320. The quantitative estimate of drug-likeness (QED) is 0.389. The molecule has 1 fully saturated rings. The standard InChI is InChI=1S/C26H25FN4O5/c1-15-23(34)24(35)26(36-15)31-13-20(17-5-2-16(3-6-17)4-11-22(32)33)21-12-30(14-28-25(21)31)29-19-9-7-18(27)8-10-19/h2-11,13-15,23-24,26,29,34-35H,12H2,1H3,(H,32,33)/t15-,23-,24-,26-/m1/s1. The second-order valence-electron chi connectivity index (χ2n) is 8.75. The van der Waals surface area contributed by atoms with Crippen LogP contribution in [0.15, 0.2) is 65.8 Å². The van der Waals surface area contributed by atoms with E-state index >= 15 is 0 Å². The van der Waals surface area contributed by atoms with Gasteiger partial charge in [-0.2, -0.15) is 0 Å². The van der Waals surface area contributed by atoms with Crippen LogP contribution >= 0.6 is 0 Å². The van der Waals surface area contributed by atoms with Gasteiger partial charge < -0.3 is 24.6 Å². The van der Waals surface area contributed by atoms with Gasteiger partial charge in [0.2, 0.25) is 0 Å². The van der Waals surface area contributed by atoms with Crippen molar-refractivity contribution in [2.24, 2.45) is 4.99 Å². The number of halogens is 1. The Hall–Kier alpha value is -3.99. The van der Waals surface area contributed by atoms with Crippen LogP contribution in [0.5, 0.6) is 0 Å². The normalized spacial score (nSPS) is 23.3. The van der Waals surface area contributed by atoms with E-state index in [1.807, 2.05) is 30.5 Å². The van der Waals surface area contributed by atoms with Crippen LogP contribution in [0.2, 0.25) is 0 Å². The minimum Gasteiger partial charge on any atom is -0.478 e. The highest BCUT2D eigenvalue weighted by molar-refractivity contribution is 5.85. The van der Waals surface area contributed by atoms with Crippen LogP contribution < -0.4 is 5.43 Å². The molecule has 186 valence electrons. The predicted molar refractivity (Wildman–Crippen MR) is 132 cm³/mol. The molecule has 0 radical (unpaired) electrons. The van der Waals surface area contributed by atoms with Gasteiger partial charge in [0, 0.05) is 23.4 Å². The average Bonchev–Trinajstić information content (AvgIpc) is 3.36. The van der Waals surface area contributed by atoms with Gasteiger partial charge in [-0.1, -0.05) is 24.3 Å². The molecule has 3 aromatic rings. The zero-order chi connectivity index (χ0) is 25.4. The molecule has 0 aliphatic carbocycles. The number of carboxylic acids is 1. The average molecular weight is 493 g/mol. The smallest absolute Gasteiger partial charge is 0.328 e. The largest absolute Gasteiger partial charge is 0.478 e. The number of aliphatic carboxylic acids is 1. The molecular weight excluding hydrogens is 467 g/mol. The molecule has 0 saturated carbocycles. The number of fused-ring (bicyclic) bond motifs is 1. The van der Waals surface area contributed by atoms with Crippen LogP contribution in [-0.2, 0) is 16.1 Å². The minimum atomic E-state index is -1.13. The van der Waals surface area contributed by atoms with Gasteiger partial charge in [0.1, 0.15) is 30.2 Å². The van der Waals surface area contributed by atoms with Crippen LogP contribution in [0.25, 0.3) is 17.2 Å². The number of hydrazine groups is 1. The summed E-state index contributed by atoms with van der Waals surface area (Å²) in [5.74, 6) is -0.770. The van der Waals surface area contributed by atoms with E-state index in [1.165, 1.54) is 18.2 Å². The maximum atomic E-state index is 13.3. The Balaban J connectivity index is 1.50. The summed E-state index contributed by atoms with van der Waals surface area (Å²) in [5, 5.41) is 31.5. The van der Waals surface area contributed by atoms with Crippen molar-refractivity contribution in [1.29, 1.82) is 0 Å². The van der Waals surface area contributed by atoms with Crippen molar-refractivity contribution in [2.45, 2.75) is 38.0 Å². The van der Waals surface area contributed by atoms with E-state index in [1.54, 1.807) is 35.0 Å². The van der Waals surface area contributed by atoms with Crippen LogP contribution in [-0.4, -0.2) is 55.5 Å². The number of nitrogens with zero attached hydrogens (tertiary/aromatic N) is 3. The number of aromatic nitrogens is 1.